The second-order valence-electron chi connectivity index (χ2n) is 9.69. The van der Waals surface area contributed by atoms with Gasteiger partial charge in [-0.1, -0.05) is 6.92 Å². The van der Waals surface area contributed by atoms with Crippen LogP contribution in [0.25, 0.3) is 10.2 Å². The third kappa shape index (κ3) is 4.21. The van der Waals surface area contributed by atoms with Crippen molar-refractivity contribution in [2.45, 2.75) is 51.3 Å². The number of carbonyl (C=O) groups is 1. The SMILES string of the molecule is Cc1ncc2c(N)c(C(=O)NC(C)Cc3cnc(N4CC(N)C5(C4)OCCC5C)c(F)c3)sc2n1. The van der Waals surface area contributed by atoms with E-state index < -0.39 is 11.4 Å². The van der Waals surface area contributed by atoms with Crippen LogP contribution < -0.4 is 21.7 Å². The van der Waals surface area contributed by atoms with Gasteiger partial charge in [-0.05, 0) is 44.2 Å². The van der Waals surface area contributed by atoms with Crippen LogP contribution in [0, 0.1) is 18.7 Å². The summed E-state index contributed by atoms with van der Waals surface area (Å²) < 4.78 is 21.1. The third-order valence-corrected chi connectivity index (χ3v) is 8.26. The van der Waals surface area contributed by atoms with Crippen LogP contribution in [-0.2, 0) is 11.2 Å². The highest BCUT2D eigenvalue weighted by molar-refractivity contribution is 7.21. The van der Waals surface area contributed by atoms with E-state index in [2.05, 4.69) is 27.2 Å². The molecular weight excluding hydrogens is 469 g/mol. The molecule has 2 saturated heterocycles. The number of aromatic nitrogens is 3. The van der Waals surface area contributed by atoms with Gasteiger partial charge in [0.05, 0.1) is 23.7 Å². The molecule has 0 aliphatic carbocycles. The van der Waals surface area contributed by atoms with Gasteiger partial charge >= 0.3 is 0 Å². The Kier molecular flexibility index (Phi) is 6.10. The minimum absolute atomic E-state index is 0.188. The Labute approximate surface area is 207 Å². The number of rotatable bonds is 5. The number of nitrogen functional groups attached to an aromatic ring is 1. The van der Waals surface area contributed by atoms with Crippen molar-refractivity contribution in [3.63, 3.8) is 0 Å². The number of amides is 1. The molecule has 4 atom stereocenters. The minimum atomic E-state index is -0.440. The number of nitrogens with zero attached hydrogens (tertiary/aromatic N) is 4. The summed E-state index contributed by atoms with van der Waals surface area (Å²) in [5.41, 5.74) is 13.2. The number of aryl methyl sites for hydroxylation is 1. The van der Waals surface area contributed by atoms with Gasteiger partial charge in [-0.3, -0.25) is 4.79 Å². The summed E-state index contributed by atoms with van der Waals surface area (Å²) in [5, 5.41) is 3.61. The first kappa shape index (κ1) is 23.8. The lowest BCUT2D eigenvalue weighted by Crippen LogP contribution is -2.50. The average Bonchev–Trinajstić information content (AvgIpc) is 3.44. The molecule has 0 aromatic carbocycles. The van der Waals surface area contributed by atoms with Gasteiger partial charge in [-0.25, -0.2) is 19.3 Å². The van der Waals surface area contributed by atoms with Crippen molar-refractivity contribution in [2.24, 2.45) is 11.7 Å². The largest absolute Gasteiger partial charge is 0.397 e. The quantitative estimate of drug-likeness (QED) is 0.488. The molecule has 186 valence electrons. The molecule has 0 saturated carbocycles. The molecule has 5 N–H and O–H groups in total. The first-order valence-corrected chi connectivity index (χ1v) is 12.6. The Hall–Kier alpha value is -2.89. The van der Waals surface area contributed by atoms with E-state index in [1.54, 1.807) is 19.3 Å². The molecule has 0 radical (unpaired) electrons. The zero-order valence-corrected chi connectivity index (χ0v) is 20.9. The number of fused-ring (bicyclic) bond motifs is 1. The maximum atomic E-state index is 15.1. The zero-order chi connectivity index (χ0) is 24.9. The van der Waals surface area contributed by atoms with E-state index in [0.717, 1.165) is 6.42 Å². The van der Waals surface area contributed by atoms with Gasteiger partial charge in [0.1, 0.15) is 21.1 Å². The Morgan fingerprint density at radius 2 is 2.23 bits per heavy atom. The van der Waals surface area contributed by atoms with Crippen molar-refractivity contribution in [2.75, 3.05) is 30.3 Å². The molecule has 3 aromatic heterocycles. The topological polar surface area (TPSA) is 132 Å². The number of carbonyl (C=O) groups excluding carboxylic acids is 1. The fourth-order valence-electron chi connectivity index (χ4n) is 5.18. The fraction of sp³-hybridized carbons (Fsp3) is 0.500. The number of pyridine rings is 1. The van der Waals surface area contributed by atoms with E-state index in [0.29, 0.717) is 64.2 Å². The average molecular weight is 500 g/mol. The van der Waals surface area contributed by atoms with Gasteiger partial charge in [-0.15, -0.1) is 11.3 Å². The first-order valence-electron chi connectivity index (χ1n) is 11.8. The molecule has 2 aliphatic rings. The number of hydrogen-bond donors (Lipinski definition) is 3. The maximum Gasteiger partial charge on any atom is 0.263 e. The van der Waals surface area contributed by atoms with E-state index in [4.69, 9.17) is 16.2 Å². The van der Waals surface area contributed by atoms with Crippen LogP contribution in [0.15, 0.2) is 18.5 Å². The van der Waals surface area contributed by atoms with E-state index in [1.165, 1.54) is 17.4 Å². The Morgan fingerprint density at radius 3 is 2.94 bits per heavy atom. The van der Waals surface area contributed by atoms with Gasteiger partial charge in [0.2, 0.25) is 0 Å². The predicted octanol–water partition coefficient (Wildman–Crippen LogP) is 2.42. The number of nitrogens with one attached hydrogen (secondary N) is 1. The van der Waals surface area contributed by atoms with Gasteiger partial charge in [0, 0.05) is 31.6 Å². The molecular formula is C24H30FN7O2S. The van der Waals surface area contributed by atoms with Crippen molar-refractivity contribution in [3.8, 4) is 0 Å². The summed E-state index contributed by atoms with van der Waals surface area (Å²) in [6, 6.07) is 1.03. The highest BCUT2D eigenvalue weighted by Crippen LogP contribution is 2.40. The molecule has 9 nitrogen and oxygen atoms in total. The van der Waals surface area contributed by atoms with E-state index in [9.17, 15) is 4.79 Å². The molecule has 1 spiro atoms. The van der Waals surface area contributed by atoms with Crippen molar-refractivity contribution >= 4 is 39.0 Å². The normalized spacial score (nSPS) is 25.0. The molecule has 3 aromatic rings. The number of ether oxygens (including phenoxy) is 1. The summed E-state index contributed by atoms with van der Waals surface area (Å²) >= 11 is 1.23. The van der Waals surface area contributed by atoms with Crippen LogP contribution in [-0.4, -0.2) is 58.2 Å². The van der Waals surface area contributed by atoms with Crippen LogP contribution >= 0.6 is 11.3 Å². The lowest BCUT2D eigenvalue weighted by Gasteiger charge is -2.31. The van der Waals surface area contributed by atoms with E-state index in [1.807, 2.05) is 11.8 Å². The van der Waals surface area contributed by atoms with Crippen molar-refractivity contribution in [1.82, 2.24) is 20.3 Å². The molecule has 5 heterocycles. The molecule has 35 heavy (non-hydrogen) atoms. The maximum absolute atomic E-state index is 15.1. The number of thiophene rings is 1. The number of halogens is 1. The predicted molar refractivity (Wildman–Crippen MR) is 134 cm³/mol. The van der Waals surface area contributed by atoms with Crippen LogP contribution in [0.1, 0.15) is 41.3 Å². The Bertz CT molecular complexity index is 1280. The van der Waals surface area contributed by atoms with Crippen LogP contribution in [0.5, 0.6) is 0 Å². The summed E-state index contributed by atoms with van der Waals surface area (Å²) in [5.74, 6) is 0.532. The van der Waals surface area contributed by atoms with Gasteiger partial charge in [-0.2, -0.15) is 0 Å². The lowest BCUT2D eigenvalue weighted by atomic mass is 9.85. The highest BCUT2D eigenvalue weighted by Gasteiger charge is 2.53. The smallest absolute Gasteiger partial charge is 0.263 e. The van der Waals surface area contributed by atoms with Gasteiger partial charge in [0.15, 0.2) is 11.6 Å². The summed E-state index contributed by atoms with van der Waals surface area (Å²) in [7, 11) is 0. The summed E-state index contributed by atoms with van der Waals surface area (Å²) in [6.45, 7) is 7.50. The second-order valence-corrected chi connectivity index (χ2v) is 10.7. The molecule has 4 unspecified atom stereocenters. The van der Waals surface area contributed by atoms with Crippen LogP contribution in [0.4, 0.5) is 15.9 Å². The summed E-state index contributed by atoms with van der Waals surface area (Å²) in [4.78, 5) is 28.7. The lowest BCUT2D eigenvalue weighted by molar-refractivity contribution is -0.0109. The standard InChI is InChI=1S/C24H30FN7O2S/c1-12-4-5-34-24(12)11-32(10-18(24)26)21-17(25)7-15(8-29-21)6-13(2)30-22(33)20-19(27)16-9-28-14(3)31-23(16)35-20/h7-9,12-13,18H,4-6,10-11,26-27H2,1-3H3,(H,30,33). The molecule has 0 bridgehead atoms. The Morgan fingerprint density at radius 1 is 1.43 bits per heavy atom. The molecule has 5 rings (SSSR count). The van der Waals surface area contributed by atoms with E-state index in [-0.39, 0.29) is 23.8 Å². The van der Waals surface area contributed by atoms with Gasteiger partial charge < -0.3 is 26.4 Å². The van der Waals surface area contributed by atoms with Crippen molar-refractivity contribution < 1.29 is 13.9 Å². The fourth-order valence-corrected chi connectivity index (χ4v) is 6.20. The highest BCUT2D eigenvalue weighted by atomic mass is 32.1. The summed E-state index contributed by atoms with van der Waals surface area (Å²) in [6.07, 6.45) is 4.67. The minimum Gasteiger partial charge on any atom is -0.397 e. The molecule has 2 fully saturated rings. The Balaban J connectivity index is 1.25. The van der Waals surface area contributed by atoms with E-state index >= 15 is 4.39 Å². The van der Waals surface area contributed by atoms with Crippen molar-refractivity contribution in [1.29, 1.82) is 0 Å². The molecule has 1 amide bonds. The monoisotopic (exact) mass is 499 g/mol. The first-order chi connectivity index (χ1) is 16.7. The zero-order valence-electron chi connectivity index (χ0n) is 20.0. The third-order valence-electron chi connectivity index (χ3n) is 7.15. The number of anilines is 2. The van der Waals surface area contributed by atoms with Gasteiger partial charge in [0.25, 0.3) is 5.91 Å². The number of nitrogens with two attached hydrogens (primary N) is 2. The van der Waals surface area contributed by atoms with Crippen LogP contribution in [0.3, 0.4) is 0 Å². The number of hydrogen-bond acceptors (Lipinski definition) is 9. The molecule has 2 aliphatic heterocycles. The second kappa shape index (κ2) is 8.96. The molecule has 11 heteroatoms. The van der Waals surface area contributed by atoms with Crippen molar-refractivity contribution in [3.05, 3.63) is 40.5 Å². The van der Waals surface area contributed by atoms with Crippen LogP contribution in [0.2, 0.25) is 0 Å².